The van der Waals surface area contributed by atoms with Crippen molar-refractivity contribution in [2.45, 2.75) is 25.9 Å². The summed E-state index contributed by atoms with van der Waals surface area (Å²) in [5, 5.41) is 6.32. The predicted octanol–water partition coefficient (Wildman–Crippen LogP) is 3.83. The summed E-state index contributed by atoms with van der Waals surface area (Å²) < 4.78 is 11.4. The molecule has 2 heterocycles. The Kier molecular flexibility index (Phi) is 11.8. The Balaban J connectivity index is 0.00000210. The standard InChI is InChI=1S/C20H25N3O3S.2ClH/c1-2-25-17-5-3-4-6-18(17)26-20-8-7-15(13-23-20)12-22-19(24)11-16-14-27-10-9-21-16;;/h3-8,13,16,21H,2,9-12,14H2,1H3,(H,22,24);2*1H. The molecule has 0 radical (unpaired) electrons. The van der Waals surface area contributed by atoms with E-state index in [1.54, 1.807) is 12.3 Å². The number of hydrogen-bond acceptors (Lipinski definition) is 6. The molecule has 1 aliphatic heterocycles. The minimum Gasteiger partial charge on any atom is -0.490 e. The fourth-order valence-electron chi connectivity index (χ4n) is 2.75. The van der Waals surface area contributed by atoms with E-state index in [0.29, 0.717) is 37.0 Å². The van der Waals surface area contributed by atoms with Gasteiger partial charge in [0, 0.05) is 49.3 Å². The summed E-state index contributed by atoms with van der Waals surface area (Å²) in [7, 11) is 0. The lowest BCUT2D eigenvalue weighted by molar-refractivity contribution is -0.121. The van der Waals surface area contributed by atoms with E-state index in [4.69, 9.17) is 9.47 Å². The Hall–Kier alpha value is -1.67. The molecule has 1 aliphatic rings. The molecule has 0 bridgehead atoms. The van der Waals surface area contributed by atoms with Crippen LogP contribution in [0.4, 0.5) is 0 Å². The number of rotatable bonds is 8. The van der Waals surface area contributed by atoms with Crippen LogP contribution in [0.25, 0.3) is 0 Å². The molecule has 6 nitrogen and oxygen atoms in total. The van der Waals surface area contributed by atoms with Crippen molar-refractivity contribution in [2.24, 2.45) is 0 Å². The van der Waals surface area contributed by atoms with E-state index >= 15 is 0 Å². The molecule has 0 aliphatic carbocycles. The lowest BCUT2D eigenvalue weighted by atomic mass is 10.2. The molecule has 1 aromatic heterocycles. The molecule has 1 atom stereocenters. The number of ether oxygens (including phenoxy) is 2. The Morgan fingerprint density at radius 3 is 2.69 bits per heavy atom. The number of amides is 1. The maximum absolute atomic E-state index is 12.1. The van der Waals surface area contributed by atoms with Gasteiger partial charge in [0.05, 0.1) is 6.61 Å². The third kappa shape index (κ3) is 8.30. The molecule has 3 rings (SSSR count). The highest BCUT2D eigenvalue weighted by Crippen LogP contribution is 2.30. The number of aromatic nitrogens is 1. The maximum atomic E-state index is 12.1. The molecule has 0 saturated carbocycles. The summed E-state index contributed by atoms with van der Waals surface area (Å²) in [5.41, 5.74) is 0.930. The van der Waals surface area contributed by atoms with Crippen LogP contribution in [-0.2, 0) is 11.3 Å². The van der Waals surface area contributed by atoms with Crippen molar-refractivity contribution in [1.82, 2.24) is 15.6 Å². The average Bonchev–Trinajstić information content (AvgIpc) is 2.70. The highest BCUT2D eigenvalue weighted by molar-refractivity contribution is 7.99. The molecule has 0 spiro atoms. The first-order chi connectivity index (χ1) is 13.2. The number of halogens is 2. The number of thioether (sulfide) groups is 1. The number of nitrogens with one attached hydrogen (secondary N) is 2. The van der Waals surface area contributed by atoms with Crippen molar-refractivity contribution in [3.63, 3.8) is 0 Å². The van der Waals surface area contributed by atoms with Crippen molar-refractivity contribution in [1.29, 1.82) is 0 Å². The van der Waals surface area contributed by atoms with Gasteiger partial charge in [0.15, 0.2) is 11.5 Å². The highest BCUT2D eigenvalue weighted by Gasteiger charge is 2.16. The minimum absolute atomic E-state index is 0. The third-order valence-corrected chi connectivity index (χ3v) is 5.21. The van der Waals surface area contributed by atoms with Crippen LogP contribution in [0.2, 0.25) is 0 Å². The van der Waals surface area contributed by atoms with Crippen LogP contribution < -0.4 is 20.1 Å². The van der Waals surface area contributed by atoms with Crippen molar-refractivity contribution in [3.05, 3.63) is 48.2 Å². The monoisotopic (exact) mass is 459 g/mol. The largest absolute Gasteiger partial charge is 0.490 e. The Labute approximate surface area is 188 Å². The summed E-state index contributed by atoms with van der Waals surface area (Å²) in [6, 6.07) is 11.5. The smallest absolute Gasteiger partial charge is 0.221 e. The second-order valence-electron chi connectivity index (χ2n) is 6.19. The fraction of sp³-hybridized carbons (Fsp3) is 0.400. The zero-order valence-electron chi connectivity index (χ0n) is 16.3. The van der Waals surface area contributed by atoms with Gasteiger partial charge in [-0.3, -0.25) is 4.79 Å². The Morgan fingerprint density at radius 2 is 2.03 bits per heavy atom. The molecular formula is C20H27Cl2N3O3S. The number of hydrogen-bond donors (Lipinski definition) is 2. The second-order valence-corrected chi connectivity index (χ2v) is 7.34. The van der Waals surface area contributed by atoms with Gasteiger partial charge in [-0.1, -0.05) is 18.2 Å². The third-order valence-electron chi connectivity index (χ3n) is 4.08. The van der Waals surface area contributed by atoms with Gasteiger partial charge in [-0.25, -0.2) is 4.98 Å². The molecule has 1 saturated heterocycles. The van der Waals surface area contributed by atoms with E-state index in [0.717, 1.165) is 23.6 Å². The van der Waals surface area contributed by atoms with Crippen LogP contribution in [0.5, 0.6) is 17.4 Å². The topological polar surface area (TPSA) is 72.5 Å². The van der Waals surface area contributed by atoms with Crippen LogP contribution >= 0.6 is 36.6 Å². The molecule has 2 N–H and O–H groups in total. The first-order valence-electron chi connectivity index (χ1n) is 9.17. The molecule has 160 valence electrons. The predicted molar refractivity (Wildman–Crippen MR) is 122 cm³/mol. The Morgan fingerprint density at radius 1 is 1.24 bits per heavy atom. The van der Waals surface area contributed by atoms with E-state index in [1.165, 1.54) is 0 Å². The number of nitrogens with zero attached hydrogens (tertiary/aromatic N) is 1. The molecule has 2 aromatic rings. The first-order valence-corrected chi connectivity index (χ1v) is 10.3. The van der Waals surface area contributed by atoms with Crippen LogP contribution in [-0.4, -0.2) is 41.6 Å². The molecule has 1 amide bonds. The van der Waals surface area contributed by atoms with Crippen LogP contribution in [0.1, 0.15) is 18.9 Å². The highest BCUT2D eigenvalue weighted by atomic mass is 35.5. The molecule has 1 aromatic carbocycles. The summed E-state index contributed by atoms with van der Waals surface area (Å²) in [6.45, 7) is 3.94. The van der Waals surface area contributed by atoms with Gasteiger partial charge in [0.1, 0.15) is 0 Å². The van der Waals surface area contributed by atoms with Crippen LogP contribution in [0.3, 0.4) is 0 Å². The SMILES string of the molecule is CCOc1ccccc1Oc1ccc(CNC(=O)CC2CSCCN2)cn1.Cl.Cl. The first kappa shape index (κ1) is 25.4. The van der Waals surface area contributed by atoms with Gasteiger partial charge in [-0.15, -0.1) is 24.8 Å². The van der Waals surface area contributed by atoms with E-state index in [-0.39, 0.29) is 36.8 Å². The van der Waals surface area contributed by atoms with Gasteiger partial charge in [0.2, 0.25) is 11.8 Å². The zero-order chi connectivity index (χ0) is 18.9. The number of carbonyl (C=O) groups excluding carboxylic acids is 1. The lowest BCUT2D eigenvalue weighted by Gasteiger charge is -2.22. The van der Waals surface area contributed by atoms with Crippen molar-refractivity contribution < 1.29 is 14.3 Å². The number of carbonyl (C=O) groups is 1. The van der Waals surface area contributed by atoms with Crippen molar-refractivity contribution in [2.75, 3.05) is 24.7 Å². The van der Waals surface area contributed by atoms with E-state index in [9.17, 15) is 4.79 Å². The summed E-state index contributed by atoms with van der Waals surface area (Å²) in [6.07, 6.45) is 2.23. The maximum Gasteiger partial charge on any atom is 0.221 e. The summed E-state index contributed by atoms with van der Waals surface area (Å²) in [4.78, 5) is 16.4. The van der Waals surface area contributed by atoms with Crippen molar-refractivity contribution >= 4 is 42.5 Å². The van der Waals surface area contributed by atoms with Gasteiger partial charge in [-0.2, -0.15) is 11.8 Å². The van der Waals surface area contributed by atoms with Gasteiger partial charge in [0.25, 0.3) is 0 Å². The van der Waals surface area contributed by atoms with Gasteiger partial charge < -0.3 is 20.1 Å². The lowest BCUT2D eigenvalue weighted by Crippen LogP contribution is -2.41. The Bertz CT molecular complexity index is 744. The fourth-order valence-corrected chi connectivity index (χ4v) is 3.69. The van der Waals surface area contributed by atoms with Crippen LogP contribution in [0, 0.1) is 0 Å². The van der Waals surface area contributed by atoms with Gasteiger partial charge in [-0.05, 0) is 24.6 Å². The number of pyridine rings is 1. The van der Waals surface area contributed by atoms with E-state index < -0.39 is 0 Å². The molecule has 1 unspecified atom stereocenters. The van der Waals surface area contributed by atoms with Crippen molar-refractivity contribution in [3.8, 4) is 17.4 Å². The number of benzene rings is 1. The van der Waals surface area contributed by atoms with Gasteiger partial charge >= 0.3 is 0 Å². The van der Waals surface area contributed by atoms with E-state index in [2.05, 4.69) is 15.6 Å². The summed E-state index contributed by atoms with van der Waals surface area (Å²) >= 11 is 1.89. The molecular weight excluding hydrogens is 433 g/mol. The normalized spacial score (nSPS) is 15.4. The minimum atomic E-state index is 0. The molecule has 29 heavy (non-hydrogen) atoms. The average molecular weight is 460 g/mol. The van der Waals surface area contributed by atoms with E-state index in [1.807, 2.05) is 49.0 Å². The summed E-state index contributed by atoms with van der Waals surface area (Å²) in [5.74, 6) is 3.97. The zero-order valence-corrected chi connectivity index (χ0v) is 18.7. The quantitative estimate of drug-likeness (QED) is 0.624. The molecule has 1 fully saturated rings. The molecule has 9 heteroatoms. The van der Waals surface area contributed by atoms with Crippen LogP contribution in [0.15, 0.2) is 42.6 Å². The second kappa shape index (κ2) is 13.5. The number of para-hydroxylation sites is 2.